The maximum Gasteiger partial charge on any atom is 1.00 e. The molecule has 0 saturated heterocycles. The zero-order chi connectivity index (χ0) is 94.7. The number of aromatic carboxylic acids is 2. The molecule has 12 aromatic rings. The van der Waals surface area contributed by atoms with Crippen molar-refractivity contribution < 1.29 is 173 Å². The second-order valence-electron chi connectivity index (χ2n) is 32.8. The number of nitrogens with one attached hydrogen (secondary N) is 2. The molecule has 0 aromatic carbocycles. The molecule has 3 saturated carbocycles. The van der Waals surface area contributed by atoms with Crippen LogP contribution in [-0.4, -0.2) is 187 Å². The van der Waals surface area contributed by atoms with Crippen LogP contribution in [0.15, 0.2) is 161 Å². The van der Waals surface area contributed by atoms with Gasteiger partial charge in [-0.15, -0.1) is 0 Å². The number of methoxy groups -OCH3 is 1. The number of rotatable bonds is 26. The van der Waals surface area contributed by atoms with E-state index in [1.165, 1.54) is 113 Å². The third kappa shape index (κ3) is 31.0. The molecule has 5 amide bonds. The predicted molar refractivity (Wildman–Crippen MR) is 472 cm³/mol. The number of Topliss-reactive ketones (excluding diaryl/α,β-unsaturated/α-hetero) is 1. The first-order chi connectivity index (χ1) is 62.0. The van der Waals surface area contributed by atoms with E-state index in [4.69, 9.17) is 43.4 Å². The number of aromatic nitrogens is 15. The number of amides is 5. The van der Waals surface area contributed by atoms with Gasteiger partial charge in [0.05, 0.1) is 78.4 Å². The predicted octanol–water partition coefficient (Wildman–Crippen LogP) is 13.7. The van der Waals surface area contributed by atoms with Gasteiger partial charge in [0, 0.05) is 99.0 Å². The maximum absolute atomic E-state index is 13.8. The standard InChI is InChI=1S/C29H29F2N7O5.C28H27F2N7O6.C18H21N3O5.C11H10F2N4O2.CH3.Li.H2O.H3P.2V/c1-16(39)20-8-7-19(12-33-20)38-14-21(24(36-38)25(30)31)34-26(40)22-15-42-27(35-22)18-9-10-32-23(11-18)37(13-17-5-6-17)28(41)43-29(2,3)4;1-28(2,3)43-27(41)36(12-15-4-5-15)21-10-16(8-9-31-21)25-34-20(14-42-25)24(38)33-19-13-37(35-22(19)23(29)30)17-6-7-18(26(39)40)32-11-17;1-18(2,3)26-17(24)21(9-11-4-5-11)14-8-12(6-7-19-14)15-20-13(10-25-15)16(22)23;1-19-11(18)8-3-2-6(4-15-8)17-5-7(14)9(16-17)10(12)13;;;;;;/h7-12,14-15,17,25H,5-6,13H2,1-4H3,(H,34,40);6-11,13-15,23H,4-5,12H2,1-3H3,(H,33,38)(H,39,40);6-8,10-11H,4-5,9H2,1-3H3,(H,22,23);2-5,10H,14H2,1H3;1H3;;1H2;1H3;;/q;;;;-1;+1;;;;/p-1. The smallest absolute Gasteiger partial charge is 0.870 e. The molecule has 0 spiro atoms. The van der Waals surface area contributed by atoms with Gasteiger partial charge in [0.2, 0.25) is 17.7 Å². The number of nitrogen functional groups attached to an aromatic ring is 1. The van der Waals surface area contributed by atoms with Crippen molar-refractivity contribution in [2.24, 2.45) is 17.8 Å². The molecule has 40 nitrogen and oxygen atoms in total. The number of hydrogen-bond acceptors (Lipinski definition) is 30. The fourth-order valence-corrected chi connectivity index (χ4v) is 11.8. The molecule has 0 aliphatic heterocycles. The molecule has 50 heteroatoms. The minimum Gasteiger partial charge on any atom is -0.870 e. The van der Waals surface area contributed by atoms with Crippen molar-refractivity contribution in [3.05, 3.63) is 206 Å². The number of anilines is 6. The summed E-state index contributed by atoms with van der Waals surface area (Å²) in [5.41, 5.74) is 2.77. The van der Waals surface area contributed by atoms with Crippen molar-refractivity contribution in [2.75, 3.05) is 57.8 Å². The Morgan fingerprint density at radius 3 is 1.05 bits per heavy atom. The maximum atomic E-state index is 13.8. The van der Waals surface area contributed by atoms with Gasteiger partial charge in [0.15, 0.2) is 39.9 Å². The average Bonchev–Trinajstić information content (AvgIpc) is 1.66. The third-order valence-electron chi connectivity index (χ3n) is 18.6. The van der Waals surface area contributed by atoms with E-state index in [1.807, 2.05) is 20.8 Å². The number of alkyl halides is 6. The number of carboxylic acid groups (broad SMARTS) is 2. The Balaban J connectivity index is 0.000000288. The second-order valence-corrected chi connectivity index (χ2v) is 32.8. The Morgan fingerprint density at radius 2 is 0.774 bits per heavy atom. The number of hydrogen-bond donors (Lipinski definition) is 5. The van der Waals surface area contributed by atoms with Crippen LogP contribution in [0.2, 0.25) is 0 Å². The second kappa shape index (κ2) is 48.3. The number of ether oxygens (including phenoxy) is 4. The Labute approximate surface area is 817 Å². The topological polar surface area (TPSA) is 530 Å². The number of halogens is 6. The molecule has 7 N–H and O–H groups in total. The molecule has 12 aromatic heterocycles. The summed E-state index contributed by atoms with van der Waals surface area (Å²) in [6.45, 7) is 18.9. The molecule has 15 rings (SSSR count). The molecule has 0 bridgehead atoms. The zero-order valence-electron chi connectivity index (χ0n) is 76.1. The van der Waals surface area contributed by atoms with Crippen LogP contribution in [0, 0.1) is 25.2 Å². The Bertz CT molecular complexity index is 5930. The summed E-state index contributed by atoms with van der Waals surface area (Å²) in [6.07, 6.45) is 11.0. The van der Waals surface area contributed by atoms with Gasteiger partial charge in [-0.3, -0.25) is 34.1 Å². The van der Waals surface area contributed by atoms with E-state index in [1.54, 1.807) is 77.9 Å². The van der Waals surface area contributed by atoms with E-state index in [2.05, 4.69) is 75.5 Å². The zero-order valence-corrected chi connectivity index (χ0v) is 80.3. The average molecular weight is 1990 g/mol. The Kier molecular flexibility index (Phi) is 39.6. The Hall–Kier alpha value is -13.5. The van der Waals surface area contributed by atoms with Crippen molar-refractivity contribution in [3.8, 4) is 51.4 Å². The first kappa shape index (κ1) is 112. The van der Waals surface area contributed by atoms with Crippen LogP contribution in [0.3, 0.4) is 0 Å². The van der Waals surface area contributed by atoms with Crippen molar-refractivity contribution in [1.29, 1.82) is 0 Å². The van der Waals surface area contributed by atoms with Crippen LogP contribution in [0.1, 0.15) is 207 Å². The van der Waals surface area contributed by atoms with Crippen LogP contribution >= 0.6 is 9.90 Å². The summed E-state index contributed by atoms with van der Waals surface area (Å²) in [5, 5.41) is 34.1. The minimum absolute atomic E-state index is 0. The minimum atomic E-state index is -3.03. The molecular weight excluding hydrogens is 1900 g/mol. The molecule has 2 radical (unpaired) electrons. The van der Waals surface area contributed by atoms with E-state index < -0.39 is 101 Å². The van der Waals surface area contributed by atoms with Gasteiger partial charge in [-0.1, -0.05) is 0 Å². The van der Waals surface area contributed by atoms with Crippen LogP contribution in [0.4, 0.5) is 75.2 Å². The van der Waals surface area contributed by atoms with Crippen molar-refractivity contribution in [3.63, 3.8) is 0 Å². The molecule has 3 fully saturated rings. The normalized spacial score (nSPS) is 12.4. The number of carbonyl (C=O) groups excluding carboxylic acids is 7. The molecule has 3 aliphatic rings. The summed E-state index contributed by atoms with van der Waals surface area (Å²) in [4.78, 5) is 150. The quantitative estimate of drug-likeness (QED) is 0.00639. The van der Waals surface area contributed by atoms with Crippen LogP contribution in [0.25, 0.3) is 51.4 Å². The molecule has 1 atom stereocenters. The number of nitrogens with zero attached hydrogens (tertiary/aromatic N) is 18. The molecule has 12 heterocycles. The van der Waals surface area contributed by atoms with E-state index in [0.29, 0.717) is 82.9 Å². The van der Waals surface area contributed by atoms with Gasteiger partial charge < -0.3 is 71.7 Å². The van der Waals surface area contributed by atoms with Crippen LogP contribution < -0.4 is 49.9 Å². The monoisotopic (exact) mass is 1990 g/mol. The first-order valence-electron chi connectivity index (χ1n) is 40.2. The van der Waals surface area contributed by atoms with Gasteiger partial charge in [0.1, 0.15) is 70.1 Å². The number of esters is 1. The summed E-state index contributed by atoms with van der Waals surface area (Å²) in [7, 11) is 1.24. The number of nitrogens with two attached hydrogens (primary N) is 1. The molecule has 1 unspecified atom stereocenters. The molecule has 3 aliphatic carbocycles. The summed E-state index contributed by atoms with van der Waals surface area (Å²) in [5.74, 6) is -2.42. The van der Waals surface area contributed by atoms with Crippen molar-refractivity contribution >= 4 is 98.2 Å². The fraction of sp³-hybridized carbons (Fsp3) is 0.333. The Morgan fingerprint density at radius 1 is 0.467 bits per heavy atom. The van der Waals surface area contributed by atoms with Crippen molar-refractivity contribution in [2.45, 2.75) is 144 Å². The molecular formula is C87H94F6LiN21O19PV2-. The van der Waals surface area contributed by atoms with E-state index in [-0.39, 0.29) is 159 Å². The number of ketones is 1. The number of carboxylic acids is 2. The van der Waals surface area contributed by atoms with Gasteiger partial charge >= 0.3 is 55.0 Å². The summed E-state index contributed by atoms with van der Waals surface area (Å²) in [6, 6.07) is 18.0. The van der Waals surface area contributed by atoms with Gasteiger partial charge in [-0.2, -0.15) is 25.2 Å². The van der Waals surface area contributed by atoms with Gasteiger partial charge in [0.25, 0.3) is 31.1 Å². The van der Waals surface area contributed by atoms with Gasteiger partial charge in [-0.05, 0) is 191 Å². The summed E-state index contributed by atoms with van der Waals surface area (Å²) >= 11 is 0. The first-order valence-corrected chi connectivity index (χ1v) is 40.2. The van der Waals surface area contributed by atoms with E-state index in [0.717, 1.165) is 79.1 Å². The van der Waals surface area contributed by atoms with Crippen LogP contribution in [-0.2, 0) is 56.1 Å². The number of carbonyl (C=O) groups is 9. The summed E-state index contributed by atoms with van der Waals surface area (Å²) < 4.78 is 121. The van der Waals surface area contributed by atoms with Crippen molar-refractivity contribution in [1.82, 2.24) is 74.2 Å². The molecule has 137 heavy (non-hydrogen) atoms. The van der Waals surface area contributed by atoms with Gasteiger partial charge in [-0.25, -0.2) is 109 Å². The van der Waals surface area contributed by atoms with Crippen LogP contribution in [0.5, 0.6) is 0 Å². The van der Waals surface area contributed by atoms with E-state index in [9.17, 15) is 69.5 Å². The third-order valence-corrected chi connectivity index (χ3v) is 18.6. The van der Waals surface area contributed by atoms with E-state index >= 15 is 0 Å². The number of pyridine rings is 6. The largest absolute Gasteiger partial charge is 1.00 e. The fourth-order valence-electron chi connectivity index (χ4n) is 11.8. The SMILES string of the molecule is CC(=O)c1ccc(-n2cc(NC(=O)c3coc(-c4ccnc(N(CC5CC5)C(=O)OC(C)(C)C)c4)n3)c(C(F)F)n2)cn1.CC(C)(C)OC(=O)N(CC1CC1)c1cc(-c2nc(C(=O)Nc3cn(-c4ccc(C(=O)O)nc4)nc3C(F)F)co2)ccn1.CC(C)(C)OC(=O)N(CC1CC1)c1cc(-c2nc(C(=O)O)co2)ccn1.COC(=O)c1ccc(-n2cc(N)c(C(F)F)n2)cn1.P.[CH3-].[Li+].[OH-].[V].[V]. The molecule has 720 valence electrons. The number of oxazole rings is 3.